The Hall–Kier alpha value is -3.21. The van der Waals surface area contributed by atoms with E-state index >= 15 is 0 Å². The van der Waals surface area contributed by atoms with Gasteiger partial charge < -0.3 is 15.5 Å². The Morgan fingerprint density at radius 3 is 1.13 bits per heavy atom. The van der Waals surface area contributed by atoms with Crippen LogP contribution in [0.4, 0.5) is 0 Å². The van der Waals surface area contributed by atoms with Gasteiger partial charge in [-0.3, -0.25) is 4.79 Å². The second kappa shape index (κ2) is 52.1. The number of amides is 1. The van der Waals surface area contributed by atoms with Gasteiger partial charge in [-0.15, -0.1) is 0 Å². The molecule has 0 aliphatic carbocycles. The molecule has 0 radical (unpaired) electrons. The molecule has 1 amide bonds. The number of rotatable bonds is 45. The molecule has 0 saturated carbocycles. The molecule has 0 aromatic heterocycles. The number of hydrogen-bond acceptors (Lipinski definition) is 3. The maximum atomic E-state index is 12.4. The third-order valence-electron chi connectivity index (χ3n) is 10.9. The summed E-state index contributed by atoms with van der Waals surface area (Å²) >= 11 is 0. The average Bonchev–Trinajstić information content (AvgIpc) is 3.28. The average molecular weight is 856 g/mol. The van der Waals surface area contributed by atoms with E-state index in [1.165, 1.54) is 103 Å². The van der Waals surface area contributed by atoms with Crippen LogP contribution in [-0.2, 0) is 4.79 Å². The van der Waals surface area contributed by atoms with Gasteiger partial charge in [-0.1, -0.05) is 238 Å². The summed E-state index contributed by atoms with van der Waals surface area (Å²) in [6.07, 6.45) is 80.4. The summed E-state index contributed by atoms with van der Waals surface area (Å²) in [5.74, 6) is -0.0877. The van der Waals surface area contributed by atoms with E-state index < -0.39 is 12.1 Å². The summed E-state index contributed by atoms with van der Waals surface area (Å²) in [6, 6.07) is -0.652. The SMILES string of the molecule is CC/C=C\C/C=C\C/C=C\C/C=C\C/C=C\C/C=C\C/C=C\C/C=C\CCCCCCCCCCC(=O)NC(CO)C(O)/C=C/CC/C=C/CCCCCCCCCCCCC. The van der Waals surface area contributed by atoms with Gasteiger partial charge in [-0.2, -0.15) is 0 Å². The number of allylic oxidation sites excluding steroid dienone is 19. The second-order valence-corrected chi connectivity index (χ2v) is 16.8. The van der Waals surface area contributed by atoms with Crippen LogP contribution in [0.3, 0.4) is 0 Å². The number of nitrogens with one attached hydrogen (secondary N) is 1. The number of unbranched alkanes of at least 4 members (excludes halogenated alkanes) is 20. The van der Waals surface area contributed by atoms with Gasteiger partial charge in [0.25, 0.3) is 0 Å². The Morgan fingerprint density at radius 2 is 0.726 bits per heavy atom. The van der Waals surface area contributed by atoms with Crippen molar-refractivity contribution in [2.45, 2.75) is 231 Å². The monoisotopic (exact) mass is 856 g/mol. The lowest BCUT2D eigenvalue weighted by molar-refractivity contribution is -0.123. The topological polar surface area (TPSA) is 69.6 Å². The first-order chi connectivity index (χ1) is 30.7. The van der Waals surface area contributed by atoms with Crippen LogP contribution in [-0.4, -0.2) is 34.9 Å². The van der Waals surface area contributed by atoms with Crippen molar-refractivity contribution in [1.82, 2.24) is 5.32 Å². The van der Waals surface area contributed by atoms with Crippen molar-refractivity contribution in [3.63, 3.8) is 0 Å². The van der Waals surface area contributed by atoms with E-state index in [-0.39, 0.29) is 12.5 Å². The van der Waals surface area contributed by atoms with E-state index in [1.807, 2.05) is 6.08 Å². The van der Waals surface area contributed by atoms with Crippen LogP contribution in [0.2, 0.25) is 0 Å². The van der Waals surface area contributed by atoms with Gasteiger partial charge in [0, 0.05) is 6.42 Å². The highest BCUT2D eigenvalue weighted by atomic mass is 16.3. The van der Waals surface area contributed by atoms with Gasteiger partial charge in [0.2, 0.25) is 5.91 Å². The van der Waals surface area contributed by atoms with E-state index in [2.05, 4.69) is 129 Å². The van der Waals surface area contributed by atoms with Gasteiger partial charge in [0.05, 0.1) is 18.8 Å². The van der Waals surface area contributed by atoms with Gasteiger partial charge in [-0.25, -0.2) is 0 Å². The van der Waals surface area contributed by atoms with Crippen LogP contribution < -0.4 is 5.32 Å². The molecule has 3 N–H and O–H groups in total. The molecule has 0 spiro atoms. The first-order valence-corrected chi connectivity index (χ1v) is 25.7. The number of aliphatic hydroxyl groups excluding tert-OH is 2. The van der Waals surface area contributed by atoms with Crippen molar-refractivity contribution < 1.29 is 15.0 Å². The fourth-order valence-corrected chi connectivity index (χ4v) is 7.03. The lowest BCUT2D eigenvalue weighted by Gasteiger charge is -2.19. The number of aliphatic hydroxyl groups is 2. The molecule has 0 aliphatic rings. The number of carbonyl (C=O) groups is 1. The van der Waals surface area contributed by atoms with E-state index in [0.29, 0.717) is 6.42 Å². The number of carbonyl (C=O) groups excluding carboxylic acids is 1. The third-order valence-corrected chi connectivity index (χ3v) is 10.9. The van der Waals surface area contributed by atoms with E-state index in [0.717, 1.165) is 96.3 Å². The van der Waals surface area contributed by atoms with Crippen LogP contribution in [0.5, 0.6) is 0 Å². The summed E-state index contributed by atoms with van der Waals surface area (Å²) in [5, 5.41) is 23.1. The fraction of sp³-hybridized carbons (Fsp3) is 0.638. The second-order valence-electron chi connectivity index (χ2n) is 16.8. The van der Waals surface area contributed by atoms with Crippen LogP contribution in [0.1, 0.15) is 219 Å². The zero-order valence-electron chi connectivity index (χ0n) is 40.3. The van der Waals surface area contributed by atoms with Gasteiger partial charge >= 0.3 is 0 Å². The Labute approximate surface area is 384 Å². The summed E-state index contributed by atoms with van der Waals surface area (Å²) in [6.45, 7) is 4.17. The molecule has 0 bridgehead atoms. The normalized spacial score (nSPS) is 13.9. The van der Waals surface area contributed by atoms with Crippen LogP contribution in [0, 0.1) is 0 Å². The molecule has 2 atom stereocenters. The molecule has 0 fully saturated rings. The Bertz CT molecular complexity index is 1240. The summed E-state index contributed by atoms with van der Waals surface area (Å²) in [4.78, 5) is 12.4. The molecule has 2 unspecified atom stereocenters. The molecule has 0 saturated heterocycles. The highest BCUT2D eigenvalue weighted by molar-refractivity contribution is 5.76. The molecule has 0 heterocycles. The minimum Gasteiger partial charge on any atom is -0.394 e. The Kier molecular flexibility index (Phi) is 49.4. The molecule has 0 aromatic carbocycles. The predicted octanol–water partition coefficient (Wildman–Crippen LogP) is 16.9. The molecule has 0 rings (SSSR count). The van der Waals surface area contributed by atoms with Crippen molar-refractivity contribution in [3.05, 3.63) is 122 Å². The van der Waals surface area contributed by atoms with Crippen molar-refractivity contribution in [1.29, 1.82) is 0 Å². The zero-order valence-corrected chi connectivity index (χ0v) is 40.3. The highest BCUT2D eigenvalue weighted by Gasteiger charge is 2.17. The minimum absolute atomic E-state index is 0.0877. The molecule has 0 aromatic rings. The van der Waals surface area contributed by atoms with Crippen molar-refractivity contribution in [2.75, 3.05) is 6.61 Å². The molecule has 352 valence electrons. The van der Waals surface area contributed by atoms with E-state index in [9.17, 15) is 15.0 Å². The quantitative estimate of drug-likeness (QED) is 0.0422. The minimum atomic E-state index is -0.874. The molecule has 0 aliphatic heterocycles. The van der Waals surface area contributed by atoms with Gasteiger partial charge in [0.1, 0.15) is 0 Å². The number of hydrogen-bond donors (Lipinski definition) is 3. The maximum Gasteiger partial charge on any atom is 0.220 e. The summed E-state index contributed by atoms with van der Waals surface area (Å²) < 4.78 is 0. The molecule has 62 heavy (non-hydrogen) atoms. The van der Waals surface area contributed by atoms with Gasteiger partial charge in [-0.05, 0) is 96.3 Å². The van der Waals surface area contributed by atoms with Gasteiger partial charge in [0.15, 0.2) is 0 Å². The lowest BCUT2D eigenvalue weighted by atomic mass is 10.1. The third kappa shape index (κ3) is 47.8. The molecule has 4 nitrogen and oxygen atoms in total. The molecular weight excluding hydrogens is 759 g/mol. The first kappa shape index (κ1) is 58.8. The molecule has 4 heteroatoms. The van der Waals surface area contributed by atoms with Crippen molar-refractivity contribution in [2.24, 2.45) is 0 Å². The lowest BCUT2D eigenvalue weighted by Crippen LogP contribution is -2.45. The Morgan fingerprint density at radius 1 is 0.403 bits per heavy atom. The standard InChI is InChI=1S/C58H97NO3/c1-3-5-7-9-11-13-15-17-19-21-22-23-24-25-26-27-28-29-30-31-32-33-34-35-36-38-40-42-44-46-48-50-52-54-58(62)59-56(55-60)57(61)53-51-49-47-45-43-41-39-37-20-18-16-14-12-10-8-6-4-2/h5,7,11,13,17,19,22-23,25-26,28-29,31-32,34-35,43,45,51,53,56-57,60-61H,3-4,6,8-10,12,14-16,18,20-21,24,27,30,33,36-42,44,46-50,52,54-55H2,1-2H3,(H,59,62)/b7-5-,13-11-,19-17-,23-22-,26-25-,29-28-,32-31-,35-34-,45-43+,53-51+. The van der Waals surface area contributed by atoms with E-state index in [4.69, 9.17) is 0 Å². The fourth-order valence-electron chi connectivity index (χ4n) is 7.03. The molecular formula is C58H97NO3. The summed E-state index contributed by atoms with van der Waals surface area (Å²) in [5.41, 5.74) is 0. The van der Waals surface area contributed by atoms with Crippen LogP contribution in [0.25, 0.3) is 0 Å². The zero-order chi connectivity index (χ0) is 44.9. The van der Waals surface area contributed by atoms with Crippen molar-refractivity contribution >= 4 is 5.91 Å². The highest BCUT2D eigenvalue weighted by Crippen LogP contribution is 2.13. The largest absolute Gasteiger partial charge is 0.394 e. The van der Waals surface area contributed by atoms with E-state index in [1.54, 1.807) is 6.08 Å². The van der Waals surface area contributed by atoms with Crippen LogP contribution >= 0.6 is 0 Å². The smallest absolute Gasteiger partial charge is 0.220 e. The predicted molar refractivity (Wildman–Crippen MR) is 276 cm³/mol. The maximum absolute atomic E-state index is 12.4. The summed E-state index contributed by atoms with van der Waals surface area (Å²) in [7, 11) is 0. The van der Waals surface area contributed by atoms with Crippen molar-refractivity contribution in [3.8, 4) is 0 Å². The Balaban J connectivity index is 3.66. The van der Waals surface area contributed by atoms with Crippen LogP contribution in [0.15, 0.2) is 122 Å². The first-order valence-electron chi connectivity index (χ1n) is 25.7.